The second-order valence-electron chi connectivity index (χ2n) is 5.99. The van der Waals surface area contributed by atoms with E-state index in [0.29, 0.717) is 10.0 Å². The second kappa shape index (κ2) is 8.77. The monoisotopic (exact) mass is 485 g/mol. The topological polar surface area (TPSA) is 61.1 Å². The molecule has 0 radical (unpaired) electrons. The third-order valence-electron chi connectivity index (χ3n) is 4.06. The largest absolute Gasteiger partial charge is 0.741 e. The highest BCUT2D eigenvalue weighted by atomic mass is 35.5. The highest BCUT2D eigenvalue weighted by molar-refractivity contribution is 7.86. The molecule has 11 heteroatoms. The average Bonchev–Trinajstić information content (AvgIpc) is 2.90. The maximum atomic E-state index is 10.7. The lowest BCUT2D eigenvalue weighted by Gasteiger charge is -2.08. The van der Waals surface area contributed by atoms with E-state index in [-0.39, 0.29) is 0 Å². The Labute approximate surface area is 180 Å². The zero-order valence-corrected chi connectivity index (χ0v) is 18.6. The van der Waals surface area contributed by atoms with Gasteiger partial charge in [-0.3, -0.25) is 0 Å². The normalized spacial score (nSPS) is 12.0. The first-order valence-electron chi connectivity index (χ1n) is 8.18. The van der Waals surface area contributed by atoms with Crippen LogP contribution in [0.15, 0.2) is 30.3 Å². The number of rotatable bonds is 2. The Hall–Kier alpha value is -1.39. The molecule has 0 unspecified atom stereocenters. The number of hydrogen-bond acceptors (Lipinski definition) is 4. The van der Waals surface area contributed by atoms with E-state index in [9.17, 15) is 13.2 Å². The Balaban J connectivity index is 0.000000321. The Kier molecular flexibility index (Phi) is 7.22. The molecule has 0 aliphatic heterocycles. The van der Waals surface area contributed by atoms with Gasteiger partial charge >= 0.3 is 5.51 Å². The van der Waals surface area contributed by atoms with Crippen LogP contribution in [-0.2, 0) is 16.7 Å². The maximum Gasteiger partial charge on any atom is 0.485 e. The molecule has 0 atom stereocenters. The first kappa shape index (κ1) is 23.9. The predicted molar refractivity (Wildman–Crippen MR) is 108 cm³/mol. The molecule has 0 saturated heterocycles. The van der Waals surface area contributed by atoms with E-state index in [2.05, 4.69) is 37.5 Å². The molecule has 0 N–H and O–H groups in total. The number of halogens is 5. The third-order valence-corrected chi connectivity index (χ3v) is 6.24. The Morgan fingerprint density at radius 1 is 1.14 bits per heavy atom. The summed E-state index contributed by atoms with van der Waals surface area (Å²) in [4.78, 5) is 0. The van der Waals surface area contributed by atoms with Gasteiger partial charge in [-0.2, -0.15) is 17.7 Å². The molecule has 158 valence electrons. The van der Waals surface area contributed by atoms with Gasteiger partial charge in [-0.05, 0) is 37.6 Å². The molecule has 1 heterocycles. The van der Waals surface area contributed by atoms with Crippen LogP contribution in [0.5, 0.6) is 0 Å². The van der Waals surface area contributed by atoms with Crippen molar-refractivity contribution in [1.82, 2.24) is 0 Å². The Bertz CT molecular complexity index is 1160. The molecule has 0 saturated carbocycles. The van der Waals surface area contributed by atoms with Gasteiger partial charge in [-0.1, -0.05) is 46.7 Å². The molecule has 1 aromatic heterocycles. The summed E-state index contributed by atoms with van der Waals surface area (Å²) in [7, 11) is -6.09. The molecule has 29 heavy (non-hydrogen) atoms. The van der Waals surface area contributed by atoms with E-state index < -0.39 is 15.6 Å². The molecular formula is C18H16Cl2F3NO3S2. The fourth-order valence-electron chi connectivity index (χ4n) is 2.81. The predicted octanol–water partition coefficient (Wildman–Crippen LogP) is 5.85. The van der Waals surface area contributed by atoms with Crippen LogP contribution in [0.3, 0.4) is 0 Å². The first-order valence-corrected chi connectivity index (χ1v) is 11.2. The average molecular weight is 486 g/mol. The van der Waals surface area contributed by atoms with Gasteiger partial charge in [0.2, 0.25) is 10.5 Å². The summed E-state index contributed by atoms with van der Waals surface area (Å²) in [5, 5.41) is 2.67. The highest BCUT2D eigenvalue weighted by Gasteiger charge is 2.36. The minimum absolute atomic E-state index is 0.665. The molecule has 2 aromatic carbocycles. The van der Waals surface area contributed by atoms with Gasteiger partial charge in [0.1, 0.15) is 11.2 Å². The number of thiazole rings is 1. The number of aromatic nitrogens is 1. The van der Waals surface area contributed by atoms with E-state index in [1.54, 1.807) is 0 Å². The van der Waals surface area contributed by atoms with Gasteiger partial charge in [0.25, 0.3) is 0 Å². The highest BCUT2D eigenvalue weighted by Crippen LogP contribution is 2.37. The zero-order valence-electron chi connectivity index (χ0n) is 15.5. The minimum atomic E-state index is -6.09. The van der Waals surface area contributed by atoms with Crippen LogP contribution >= 0.6 is 34.5 Å². The Morgan fingerprint density at radius 2 is 1.72 bits per heavy atom. The molecule has 0 aliphatic carbocycles. The fraction of sp³-hybridized carbons (Fsp3) is 0.278. The molecular weight excluding hydrogens is 470 g/mol. The van der Waals surface area contributed by atoms with Crippen LogP contribution in [0.25, 0.3) is 21.3 Å². The van der Waals surface area contributed by atoms with E-state index in [0.717, 1.165) is 12.1 Å². The lowest BCUT2D eigenvalue weighted by Crippen LogP contribution is -2.33. The van der Waals surface area contributed by atoms with Gasteiger partial charge in [-0.15, -0.1) is 0 Å². The fourth-order valence-corrected chi connectivity index (χ4v) is 4.40. The lowest BCUT2D eigenvalue weighted by molar-refractivity contribution is -0.669. The summed E-state index contributed by atoms with van der Waals surface area (Å²) in [6, 6.07) is 10.1. The van der Waals surface area contributed by atoms with E-state index in [1.807, 2.05) is 29.5 Å². The quantitative estimate of drug-likeness (QED) is 0.259. The van der Waals surface area contributed by atoms with Crippen molar-refractivity contribution in [2.24, 2.45) is 0 Å². The van der Waals surface area contributed by atoms with Crippen molar-refractivity contribution in [3.63, 3.8) is 0 Å². The molecule has 0 fully saturated rings. The van der Waals surface area contributed by atoms with Gasteiger partial charge in [-0.25, -0.2) is 8.42 Å². The second-order valence-corrected chi connectivity index (χ2v) is 9.44. The number of benzene rings is 2. The van der Waals surface area contributed by atoms with Crippen molar-refractivity contribution in [1.29, 1.82) is 0 Å². The third kappa shape index (κ3) is 5.21. The zero-order chi connectivity index (χ0) is 22.1. The van der Waals surface area contributed by atoms with Crippen molar-refractivity contribution in [3.05, 3.63) is 50.9 Å². The van der Waals surface area contributed by atoms with Gasteiger partial charge in [0.15, 0.2) is 10.1 Å². The van der Waals surface area contributed by atoms with Crippen molar-refractivity contribution < 1.29 is 30.7 Å². The van der Waals surface area contributed by atoms with Crippen LogP contribution < -0.4 is 4.57 Å². The molecule has 0 bridgehead atoms. The van der Waals surface area contributed by atoms with Crippen molar-refractivity contribution >= 4 is 54.9 Å². The first-order chi connectivity index (χ1) is 13.3. The standard InChI is InChI=1S/C17H16Cl2NS.CHF3O3S/c1-4-20-11(3)21-15-8-5-10(2)16(17(15)20)13-7-6-12(18)9-14(13)19;2-1(3,4)8(5,6)7/h5-9H,4H2,1-3H3;(H,5,6,7)/q+1;/p-1. The molecule has 3 aromatic rings. The van der Waals surface area contributed by atoms with E-state index in [1.165, 1.54) is 26.4 Å². The number of aryl methyl sites for hydroxylation is 3. The summed E-state index contributed by atoms with van der Waals surface area (Å²) in [5.41, 5.74) is -0.895. The minimum Gasteiger partial charge on any atom is -0.741 e. The molecule has 4 nitrogen and oxygen atoms in total. The van der Waals surface area contributed by atoms with E-state index >= 15 is 0 Å². The van der Waals surface area contributed by atoms with Crippen molar-refractivity contribution in [2.45, 2.75) is 32.8 Å². The number of fused-ring (bicyclic) bond motifs is 1. The van der Waals surface area contributed by atoms with Crippen molar-refractivity contribution in [2.75, 3.05) is 0 Å². The van der Waals surface area contributed by atoms with Crippen LogP contribution in [0, 0.1) is 13.8 Å². The van der Waals surface area contributed by atoms with Crippen LogP contribution in [0.4, 0.5) is 13.2 Å². The number of nitrogens with zero attached hydrogens (tertiary/aromatic N) is 1. The summed E-state index contributed by atoms with van der Waals surface area (Å²) >= 11 is 14.3. The molecule has 0 amide bonds. The van der Waals surface area contributed by atoms with E-state index in [4.69, 9.17) is 36.2 Å². The summed E-state index contributed by atoms with van der Waals surface area (Å²) in [5.74, 6) is 0. The number of hydrogen-bond donors (Lipinski definition) is 0. The van der Waals surface area contributed by atoms with Gasteiger partial charge < -0.3 is 4.55 Å². The molecule has 0 spiro atoms. The van der Waals surface area contributed by atoms with Crippen molar-refractivity contribution in [3.8, 4) is 11.1 Å². The molecule has 0 aliphatic rings. The van der Waals surface area contributed by atoms with Gasteiger partial charge in [0.05, 0.1) is 10.6 Å². The molecule has 3 rings (SSSR count). The van der Waals surface area contributed by atoms with Crippen LogP contribution in [0.2, 0.25) is 10.0 Å². The smallest absolute Gasteiger partial charge is 0.485 e. The Morgan fingerprint density at radius 3 is 2.21 bits per heavy atom. The summed E-state index contributed by atoms with van der Waals surface area (Å²) in [6.07, 6.45) is 0. The van der Waals surface area contributed by atoms with Crippen LogP contribution in [-0.4, -0.2) is 18.5 Å². The SMILES string of the molecule is CC[n+]1c(C)sc2ccc(C)c(-c3ccc(Cl)cc3Cl)c21.O=S(=O)([O-])C(F)(F)F. The number of alkyl halides is 3. The van der Waals surface area contributed by atoms with Gasteiger partial charge in [0, 0.05) is 17.5 Å². The van der Waals surface area contributed by atoms with Crippen LogP contribution in [0.1, 0.15) is 17.5 Å². The summed E-state index contributed by atoms with van der Waals surface area (Å²) in [6.45, 7) is 7.42. The lowest BCUT2D eigenvalue weighted by atomic mass is 9.99. The maximum absolute atomic E-state index is 10.7. The summed E-state index contributed by atoms with van der Waals surface area (Å²) < 4.78 is 62.5.